The van der Waals surface area contributed by atoms with Crippen LogP contribution in [0.15, 0.2) is 41.2 Å². The maximum absolute atomic E-state index is 14.1. The fourth-order valence-corrected chi connectivity index (χ4v) is 4.43. The Hall–Kier alpha value is -3.52. The van der Waals surface area contributed by atoms with Gasteiger partial charge in [0.2, 0.25) is 0 Å². The third-order valence-electron chi connectivity index (χ3n) is 6.06. The van der Waals surface area contributed by atoms with Crippen LogP contribution in [-0.2, 0) is 6.54 Å². The molecule has 0 bridgehead atoms. The Bertz CT molecular complexity index is 1420. The Balaban J connectivity index is 1.62. The third-order valence-corrected chi connectivity index (χ3v) is 6.06. The monoisotopic (exact) mass is 422 g/mol. The van der Waals surface area contributed by atoms with Crippen LogP contribution in [0.3, 0.4) is 0 Å². The van der Waals surface area contributed by atoms with Crippen molar-refractivity contribution in [2.75, 3.05) is 13.6 Å². The van der Waals surface area contributed by atoms with Crippen LogP contribution in [0.25, 0.3) is 21.7 Å². The van der Waals surface area contributed by atoms with Gasteiger partial charge < -0.3 is 20.2 Å². The summed E-state index contributed by atoms with van der Waals surface area (Å²) in [6.07, 6.45) is 0. The van der Waals surface area contributed by atoms with Crippen molar-refractivity contribution in [2.45, 2.75) is 19.5 Å². The van der Waals surface area contributed by atoms with E-state index in [1.165, 1.54) is 0 Å². The number of hydrogen-bond acceptors (Lipinski definition) is 3. The fourth-order valence-electron chi connectivity index (χ4n) is 4.43. The summed E-state index contributed by atoms with van der Waals surface area (Å²) in [5.41, 5.74) is 3.05. The molecule has 158 valence electrons. The van der Waals surface area contributed by atoms with Crippen LogP contribution in [-0.4, -0.2) is 34.4 Å². The van der Waals surface area contributed by atoms with Crippen LogP contribution in [0.1, 0.15) is 33.4 Å². The number of carbonyl (C=O) groups excluding carboxylic acids is 1. The van der Waals surface area contributed by atoms with Gasteiger partial charge in [0.05, 0.1) is 11.4 Å². The topological polar surface area (TPSA) is 81.0 Å². The van der Waals surface area contributed by atoms with E-state index in [1.807, 2.05) is 31.2 Å². The van der Waals surface area contributed by atoms with Crippen LogP contribution in [0, 0.1) is 18.6 Å². The zero-order valence-corrected chi connectivity index (χ0v) is 17.0. The van der Waals surface area contributed by atoms with Crippen molar-refractivity contribution in [2.24, 2.45) is 0 Å². The first-order chi connectivity index (χ1) is 14.8. The van der Waals surface area contributed by atoms with E-state index in [2.05, 4.69) is 15.3 Å². The Labute approximate surface area is 175 Å². The molecule has 0 spiro atoms. The van der Waals surface area contributed by atoms with Gasteiger partial charge >= 0.3 is 0 Å². The van der Waals surface area contributed by atoms with Crippen molar-refractivity contribution in [3.63, 3.8) is 0 Å². The summed E-state index contributed by atoms with van der Waals surface area (Å²) in [5.74, 6) is -2.35. The van der Waals surface area contributed by atoms with Gasteiger partial charge in [0, 0.05) is 42.3 Å². The van der Waals surface area contributed by atoms with Crippen molar-refractivity contribution < 1.29 is 13.6 Å². The van der Waals surface area contributed by atoms with E-state index in [-0.39, 0.29) is 11.3 Å². The van der Waals surface area contributed by atoms with Crippen LogP contribution in [0.5, 0.6) is 0 Å². The number of H-pyrrole nitrogens is 2. The molecule has 31 heavy (non-hydrogen) atoms. The van der Waals surface area contributed by atoms with Gasteiger partial charge in [-0.15, -0.1) is 0 Å². The number of likely N-dealkylation sites (N-methyl/N-ethyl adjacent to an activating group) is 1. The van der Waals surface area contributed by atoms with E-state index in [0.29, 0.717) is 35.4 Å². The number of amides is 1. The molecule has 0 radical (unpaired) electrons. The van der Waals surface area contributed by atoms with E-state index in [4.69, 9.17) is 0 Å². The summed E-state index contributed by atoms with van der Waals surface area (Å²) < 4.78 is 27.9. The molecular formula is C23H20F2N4O2. The molecule has 6 nitrogen and oxygen atoms in total. The number of fused-ring (bicyclic) bond motifs is 4. The number of benzene rings is 2. The molecule has 1 aliphatic rings. The molecule has 1 atom stereocenters. The second kappa shape index (κ2) is 7.02. The zero-order valence-electron chi connectivity index (χ0n) is 17.0. The highest BCUT2D eigenvalue weighted by atomic mass is 19.2. The molecule has 4 aromatic rings. The van der Waals surface area contributed by atoms with Gasteiger partial charge in [-0.05, 0) is 42.1 Å². The summed E-state index contributed by atoms with van der Waals surface area (Å²) in [5, 5.41) is 4.53. The van der Waals surface area contributed by atoms with Crippen molar-refractivity contribution in [1.82, 2.24) is 20.2 Å². The summed E-state index contributed by atoms with van der Waals surface area (Å²) in [7, 11) is 1.67. The minimum absolute atomic E-state index is 0.0617. The Morgan fingerprint density at radius 1 is 1.06 bits per heavy atom. The zero-order chi connectivity index (χ0) is 21.9. The second-order valence-electron chi connectivity index (χ2n) is 7.94. The van der Waals surface area contributed by atoms with Gasteiger partial charge in [0.1, 0.15) is 5.69 Å². The molecule has 1 amide bonds. The van der Waals surface area contributed by atoms with Crippen molar-refractivity contribution in [3.05, 3.63) is 80.9 Å². The molecule has 0 aliphatic carbocycles. The first kappa shape index (κ1) is 19.4. The molecule has 8 heteroatoms. The minimum Gasteiger partial charge on any atom is -0.351 e. The number of aryl methyl sites for hydroxylation is 1. The normalized spacial score (nSPS) is 15.9. The van der Waals surface area contributed by atoms with Gasteiger partial charge in [-0.25, -0.2) is 8.78 Å². The summed E-state index contributed by atoms with van der Waals surface area (Å²) >= 11 is 0. The maximum atomic E-state index is 14.1. The quantitative estimate of drug-likeness (QED) is 0.463. The number of nitrogens with zero attached hydrogens (tertiary/aromatic N) is 1. The van der Waals surface area contributed by atoms with Crippen molar-refractivity contribution >= 4 is 27.6 Å². The Kier molecular flexibility index (Phi) is 4.40. The van der Waals surface area contributed by atoms with Gasteiger partial charge in [0.15, 0.2) is 11.6 Å². The van der Waals surface area contributed by atoms with Gasteiger partial charge in [-0.3, -0.25) is 9.59 Å². The number of halogens is 2. The molecule has 0 saturated heterocycles. The van der Waals surface area contributed by atoms with Crippen LogP contribution in [0.2, 0.25) is 0 Å². The largest absolute Gasteiger partial charge is 0.351 e. The minimum atomic E-state index is -1.08. The Morgan fingerprint density at radius 3 is 2.55 bits per heavy atom. The molecule has 0 saturated carbocycles. The number of rotatable bonds is 2. The maximum Gasteiger partial charge on any atom is 0.270 e. The van der Waals surface area contributed by atoms with Crippen LogP contribution < -0.4 is 10.9 Å². The van der Waals surface area contributed by atoms with Crippen LogP contribution >= 0.6 is 0 Å². The lowest BCUT2D eigenvalue weighted by Crippen LogP contribution is -2.42. The van der Waals surface area contributed by atoms with E-state index in [1.54, 1.807) is 11.9 Å². The Morgan fingerprint density at radius 2 is 1.81 bits per heavy atom. The average Bonchev–Trinajstić information content (AvgIpc) is 3.19. The fraction of sp³-hybridized carbons (Fsp3) is 0.217. The molecule has 0 unspecified atom stereocenters. The number of aromatic nitrogens is 2. The third kappa shape index (κ3) is 3.02. The average molecular weight is 422 g/mol. The summed E-state index contributed by atoms with van der Waals surface area (Å²) in [4.78, 5) is 33.2. The second-order valence-corrected chi connectivity index (χ2v) is 7.94. The number of aromatic amines is 2. The molecule has 2 aromatic carbocycles. The highest BCUT2D eigenvalue weighted by Gasteiger charge is 2.31. The number of carbonyl (C=O) groups is 1. The lowest BCUT2D eigenvalue weighted by Gasteiger charge is -2.34. The molecular weight excluding hydrogens is 402 g/mol. The summed E-state index contributed by atoms with van der Waals surface area (Å²) in [6.45, 7) is 2.75. The first-order valence-corrected chi connectivity index (χ1v) is 9.95. The van der Waals surface area contributed by atoms with Gasteiger partial charge in [0.25, 0.3) is 11.5 Å². The van der Waals surface area contributed by atoms with Gasteiger partial charge in [-0.2, -0.15) is 0 Å². The smallest absolute Gasteiger partial charge is 0.270 e. The lowest BCUT2D eigenvalue weighted by molar-refractivity contribution is 0.0718. The lowest BCUT2D eigenvalue weighted by atomic mass is 9.93. The number of nitrogens with one attached hydrogen (secondary N) is 3. The molecule has 5 rings (SSSR count). The predicted octanol–water partition coefficient (Wildman–Crippen LogP) is 3.51. The molecule has 3 heterocycles. The molecule has 0 fully saturated rings. The molecule has 1 aliphatic heterocycles. The van der Waals surface area contributed by atoms with E-state index in [0.717, 1.165) is 28.6 Å². The summed E-state index contributed by atoms with van der Waals surface area (Å²) in [6, 6.07) is 9.10. The molecule has 2 aromatic heterocycles. The van der Waals surface area contributed by atoms with Crippen molar-refractivity contribution in [3.8, 4) is 0 Å². The first-order valence-electron chi connectivity index (χ1n) is 9.95. The van der Waals surface area contributed by atoms with E-state index >= 15 is 0 Å². The molecule has 3 N–H and O–H groups in total. The van der Waals surface area contributed by atoms with Crippen molar-refractivity contribution in [1.29, 1.82) is 0 Å². The highest BCUT2D eigenvalue weighted by Crippen LogP contribution is 2.33. The predicted molar refractivity (Wildman–Crippen MR) is 114 cm³/mol. The van der Waals surface area contributed by atoms with E-state index < -0.39 is 23.2 Å². The standard InChI is InChI=1S/C23H20F2N4O2/c1-11-4-3-5-17-12(11)8-18(27-17)23(31)29(2)20-10-26-9-19-21(20)13-6-15(24)16(25)7-14(13)22(30)28-19/h3-8,20,26-27H,9-10H2,1-2H3,(H,28,30)/t20-/m0/s1. The SMILES string of the molecule is Cc1cccc2[nH]c(C(=O)N(C)[C@H]3CNCc4[nH]c(=O)c5cc(F)c(F)cc5c43)cc12. The van der Waals surface area contributed by atoms with Crippen LogP contribution in [0.4, 0.5) is 8.78 Å². The number of pyridine rings is 1. The van der Waals surface area contributed by atoms with Gasteiger partial charge in [-0.1, -0.05) is 12.1 Å². The highest BCUT2D eigenvalue weighted by molar-refractivity contribution is 5.99. The number of hydrogen-bond donors (Lipinski definition) is 3. The van der Waals surface area contributed by atoms with E-state index in [9.17, 15) is 18.4 Å².